The fraction of sp³-hybridized carbons (Fsp3) is 0.500. The monoisotopic (exact) mass is 349 g/mol. The molecular formula is C18H24FN3O3. The smallest absolute Gasteiger partial charge is 0.410 e. The highest BCUT2D eigenvalue weighted by atomic mass is 19.1. The van der Waals surface area contributed by atoms with Gasteiger partial charge in [-0.05, 0) is 45.7 Å². The van der Waals surface area contributed by atoms with Crippen molar-refractivity contribution in [1.29, 1.82) is 0 Å². The molecule has 1 saturated heterocycles. The van der Waals surface area contributed by atoms with E-state index in [1.54, 1.807) is 15.7 Å². The van der Waals surface area contributed by atoms with Crippen LogP contribution in [0.4, 0.5) is 14.9 Å². The van der Waals surface area contributed by atoms with Gasteiger partial charge in [-0.2, -0.15) is 0 Å². The van der Waals surface area contributed by atoms with Gasteiger partial charge in [0, 0.05) is 36.1 Å². The molecule has 1 aromatic heterocycles. The predicted octanol–water partition coefficient (Wildman–Crippen LogP) is 3.64. The van der Waals surface area contributed by atoms with Gasteiger partial charge in [0.25, 0.3) is 0 Å². The van der Waals surface area contributed by atoms with E-state index in [4.69, 9.17) is 10.5 Å². The lowest BCUT2D eigenvalue weighted by Crippen LogP contribution is -2.42. The van der Waals surface area contributed by atoms with E-state index in [0.29, 0.717) is 36.7 Å². The van der Waals surface area contributed by atoms with E-state index in [-0.39, 0.29) is 23.7 Å². The molecule has 0 saturated carbocycles. The first-order valence-corrected chi connectivity index (χ1v) is 8.42. The topological polar surface area (TPSA) is 80.7 Å². The van der Waals surface area contributed by atoms with Crippen molar-refractivity contribution in [2.24, 2.45) is 0 Å². The lowest BCUT2D eigenvalue weighted by atomic mass is 10.1. The van der Waals surface area contributed by atoms with Gasteiger partial charge in [0.15, 0.2) is 5.88 Å². The largest absolute Gasteiger partial charge is 0.494 e. The summed E-state index contributed by atoms with van der Waals surface area (Å²) in [6.45, 7) is 6.61. The number of ether oxygens (including phenoxy) is 1. The van der Waals surface area contributed by atoms with Crippen molar-refractivity contribution in [3.63, 3.8) is 0 Å². The van der Waals surface area contributed by atoms with Gasteiger partial charge in [-0.15, -0.1) is 0 Å². The van der Waals surface area contributed by atoms with Crippen LogP contribution in [0.1, 0.15) is 39.7 Å². The summed E-state index contributed by atoms with van der Waals surface area (Å²) in [6.07, 6.45) is 2.79. The number of nitrogens with zero attached hydrogens (tertiary/aromatic N) is 2. The van der Waals surface area contributed by atoms with Crippen molar-refractivity contribution in [3.8, 4) is 5.88 Å². The molecule has 2 aromatic rings. The zero-order chi connectivity index (χ0) is 18.4. The Morgan fingerprint density at radius 2 is 1.96 bits per heavy atom. The Morgan fingerprint density at radius 3 is 2.56 bits per heavy atom. The lowest BCUT2D eigenvalue weighted by molar-refractivity contribution is 0.0187. The Balaban J connectivity index is 1.74. The van der Waals surface area contributed by atoms with Crippen LogP contribution in [0.5, 0.6) is 5.88 Å². The summed E-state index contributed by atoms with van der Waals surface area (Å²) in [5.74, 6) is -0.415. The SMILES string of the molecule is CC(C)(C)OC(=O)N1CCC(n2cc3cc(F)c(N)cc3c2O)CC1. The highest BCUT2D eigenvalue weighted by molar-refractivity contribution is 5.90. The fourth-order valence-electron chi connectivity index (χ4n) is 3.19. The van der Waals surface area contributed by atoms with Gasteiger partial charge in [-0.1, -0.05) is 0 Å². The van der Waals surface area contributed by atoms with E-state index in [9.17, 15) is 14.3 Å². The molecule has 0 aliphatic carbocycles. The molecule has 0 spiro atoms. The zero-order valence-electron chi connectivity index (χ0n) is 14.8. The molecule has 1 aliphatic heterocycles. The van der Waals surface area contributed by atoms with Crippen LogP contribution in [0.15, 0.2) is 18.3 Å². The van der Waals surface area contributed by atoms with E-state index < -0.39 is 11.4 Å². The number of hydrogen-bond donors (Lipinski definition) is 2. The molecule has 0 radical (unpaired) electrons. The average molecular weight is 349 g/mol. The number of aromatic hydroxyl groups is 1. The second-order valence-corrected chi connectivity index (χ2v) is 7.52. The van der Waals surface area contributed by atoms with Gasteiger partial charge in [-0.25, -0.2) is 9.18 Å². The van der Waals surface area contributed by atoms with E-state index in [1.165, 1.54) is 12.1 Å². The van der Waals surface area contributed by atoms with Crippen molar-refractivity contribution in [2.45, 2.75) is 45.3 Å². The summed E-state index contributed by atoms with van der Waals surface area (Å²) >= 11 is 0. The normalized spacial score (nSPS) is 16.4. The van der Waals surface area contributed by atoms with Crippen molar-refractivity contribution in [3.05, 3.63) is 24.1 Å². The highest BCUT2D eigenvalue weighted by Crippen LogP contribution is 2.36. The molecule has 1 fully saturated rings. The summed E-state index contributed by atoms with van der Waals surface area (Å²) in [4.78, 5) is 13.8. The van der Waals surface area contributed by atoms with Crippen LogP contribution in [0, 0.1) is 5.82 Å². The molecular weight excluding hydrogens is 325 g/mol. The first-order valence-electron chi connectivity index (χ1n) is 8.42. The Hall–Kier alpha value is -2.44. The summed E-state index contributed by atoms with van der Waals surface area (Å²) in [5, 5.41) is 11.6. The van der Waals surface area contributed by atoms with E-state index in [0.717, 1.165) is 0 Å². The van der Waals surface area contributed by atoms with Gasteiger partial charge >= 0.3 is 6.09 Å². The molecule has 1 amide bonds. The van der Waals surface area contributed by atoms with E-state index in [2.05, 4.69) is 0 Å². The van der Waals surface area contributed by atoms with Gasteiger partial charge in [0.1, 0.15) is 11.4 Å². The minimum Gasteiger partial charge on any atom is -0.494 e. The van der Waals surface area contributed by atoms with Crippen molar-refractivity contribution in [1.82, 2.24) is 9.47 Å². The third kappa shape index (κ3) is 3.50. The van der Waals surface area contributed by atoms with Crippen LogP contribution in [-0.2, 0) is 4.74 Å². The van der Waals surface area contributed by atoms with Gasteiger partial charge in [-0.3, -0.25) is 0 Å². The second kappa shape index (κ2) is 6.13. The number of rotatable bonds is 1. The number of fused-ring (bicyclic) bond motifs is 1. The van der Waals surface area contributed by atoms with Crippen molar-refractivity contribution >= 4 is 22.6 Å². The van der Waals surface area contributed by atoms with Crippen LogP contribution in [0.3, 0.4) is 0 Å². The zero-order valence-corrected chi connectivity index (χ0v) is 14.8. The molecule has 1 aromatic carbocycles. The molecule has 1 aliphatic rings. The number of piperidine rings is 1. The summed E-state index contributed by atoms with van der Waals surface area (Å²) in [6, 6.07) is 2.82. The second-order valence-electron chi connectivity index (χ2n) is 7.52. The van der Waals surface area contributed by atoms with Gasteiger partial charge < -0.3 is 25.0 Å². The van der Waals surface area contributed by atoms with Crippen LogP contribution < -0.4 is 5.73 Å². The minimum absolute atomic E-state index is 0.0142. The number of halogens is 1. The number of likely N-dealkylation sites (tertiary alicyclic amines) is 1. The summed E-state index contributed by atoms with van der Waals surface area (Å²) in [7, 11) is 0. The first-order chi connectivity index (χ1) is 11.7. The number of hydrogen-bond acceptors (Lipinski definition) is 4. The number of aromatic nitrogens is 1. The average Bonchev–Trinajstić information content (AvgIpc) is 2.83. The molecule has 2 heterocycles. The van der Waals surface area contributed by atoms with Gasteiger partial charge in [0.05, 0.1) is 5.69 Å². The van der Waals surface area contributed by atoms with Gasteiger partial charge in [0.2, 0.25) is 0 Å². The number of nitrogens with two attached hydrogens (primary N) is 1. The molecule has 0 bridgehead atoms. The van der Waals surface area contributed by atoms with Crippen LogP contribution >= 0.6 is 0 Å². The predicted molar refractivity (Wildman–Crippen MR) is 94.1 cm³/mol. The minimum atomic E-state index is -0.519. The van der Waals surface area contributed by atoms with Crippen LogP contribution in [-0.4, -0.2) is 39.4 Å². The maximum Gasteiger partial charge on any atom is 0.410 e. The number of carbonyl (C=O) groups is 1. The third-order valence-electron chi connectivity index (χ3n) is 4.44. The molecule has 3 rings (SSSR count). The van der Waals surface area contributed by atoms with Crippen molar-refractivity contribution in [2.75, 3.05) is 18.8 Å². The molecule has 0 unspecified atom stereocenters. The van der Waals surface area contributed by atoms with Crippen LogP contribution in [0.2, 0.25) is 0 Å². The molecule has 25 heavy (non-hydrogen) atoms. The summed E-state index contributed by atoms with van der Waals surface area (Å²) < 4.78 is 20.8. The fourth-order valence-corrected chi connectivity index (χ4v) is 3.19. The first kappa shape index (κ1) is 17.4. The van der Waals surface area contributed by atoms with E-state index >= 15 is 0 Å². The molecule has 136 valence electrons. The highest BCUT2D eigenvalue weighted by Gasteiger charge is 2.28. The quantitative estimate of drug-likeness (QED) is 0.770. The molecule has 0 atom stereocenters. The molecule has 3 N–H and O–H groups in total. The van der Waals surface area contributed by atoms with E-state index in [1.807, 2.05) is 20.8 Å². The molecule has 7 heteroatoms. The number of nitrogen functional groups attached to an aromatic ring is 1. The van der Waals surface area contributed by atoms with Crippen molar-refractivity contribution < 1.29 is 19.0 Å². The maximum atomic E-state index is 13.6. The Bertz CT molecular complexity index is 802. The number of anilines is 1. The van der Waals surface area contributed by atoms with Crippen LogP contribution in [0.25, 0.3) is 10.8 Å². The number of benzene rings is 1. The third-order valence-corrected chi connectivity index (χ3v) is 4.44. The standard InChI is InChI=1S/C18H24FN3O3/c1-18(2,3)25-17(24)21-6-4-12(5-7-21)22-10-11-8-14(19)15(20)9-13(11)16(22)23/h8-10,12,23H,4-7,20H2,1-3H3. The Morgan fingerprint density at radius 1 is 1.32 bits per heavy atom. The Kier molecular flexibility index (Phi) is 4.26. The lowest BCUT2D eigenvalue weighted by Gasteiger charge is -2.34. The number of amides is 1. The Labute approximate surface area is 146 Å². The maximum absolute atomic E-state index is 13.6. The summed E-state index contributed by atoms with van der Waals surface area (Å²) in [5.41, 5.74) is 5.09. The number of carbonyl (C=O) groups excluding carboxylic acids is 1. The molecule has 6 nitrogen and oxygen atoms in total.